The Hall–Kier alpha value is -1.14. The molecule has 0 spiro atoms. The lowest BCUT2D eigenvalue weighted by atomic mass is 10.2. The number of hydrogen-bond donors (Lipinski definition) is 2. The number of furan rings is 1. The number of likely N-dealkylation sites (tertiary alicyclic amines) is 1. The smallest absolute Gasteiger partial charge is 0.191 e. The van der Waals surface area contributed by atoms with Crippen LogP contribution in [0.1, 0.15) is 42.5 Å². The molecule has 0 radical (unpaired) electrons. The van der Waals surface area contributed by atoms with Crippen molar-refractivity contribution in [2.45, 2.75) is 31.8 Å². The number of halogens is 1. The molecule has 2 unspecified atom stereocenters. The van der Waals surface area contributed by atoms with Gasteiger partial charge in [0.15, 0.2) is 5.96 Å². The fraction of sp³-hybridized carbons (Fsp3) is 0.609. The zero-order chi connectivity index (χ0) is 21.3. The van der Waals surface area contributed by atoms with E-state index in [1.165, 1.54) is 17.7 Å². The summed E-state index contributed by atoms with van der Waals surface area (Å²) in [7, 11) is 0. The van der Waals surface area contributed by atoms with Gasteiger partial charge in [-0.25, -0.2) is 0 Å². The second kappa shape index (κ2) is 13.5. The molecule has 32 heavy (non-hydrogen) atoms. The molecule has 9 heteroatoms. The van der Waals surface area contributed by atoms with E-state index >= 15 is 0 Å². The summed E-state index contributed by atoms with van der Waals surface area (Å²) in [6.07, 6.45) is 4.28. The molecule has 2 aromatic heterocycles. The molecule has 4 rings (SSSR count). The Morgan fingerprint density at radius 2 is 1.84 bits per heavy atom. The largest absolute Gasteiger partial charge is 0.468 e. The van der Waals surface area contributed by atoms with Crippen LogP contribution in [0.4, 0.5) is 0 Å². The zero-order valence-corrected chi connectivity index (χ0v) is 22.0. The van der Waals surface area contributed by atoms with Crippen molar-refractivity contribution in [2.75, 3.05) is 59.0 Å². The molecule has 178 valence electrons. The van der Waals surface area contributed by atoms with Crippen molar-refractivity contribution < 1.29 is 9.15 Å². The number of nitrogens with one attached hydrogen (secondary N) is 2. The minimum Gasteiger partial charge on any atom is -0.468 e. The lowest BCUT2D eigenvalue weighted by Crippen LogP contribution is -2.44. The fourth-order valence-electron chi connectivity index (χ4n) is 4.41. The van der Waals surface area contributed by atoms with Gasteiger partial charge in [-0.2, -0.15) is 0 Å². The standard InChI is InChI=1S/C23H35N5O2S.HI/c1-2-24-23(25-17-19(21-7-5-13-30-21)27-9-3-4-10-27)26-18-20(22-8-6-16-31-22)28-11-14-29-15-12-28;/h5-8,13,16,19-20H,2-4,9-12,14-15,17-18H2,1H3,(H2,24,25,26);1H. The maximum atomic E-state index is 5.77. The van der Waals surface area contributed by atoms with Crippen molar-refractivity contribution in [2.24, 2.45) is 4.99 Å². The number of guanidine groups is 1. The molecule has 0 amide bonds. The topological polar surface area (TPSA) is 65.3 Å². The van der Waals surface area contributed by atoms with Crippen molar-refractivity contribution in [3.8, 4) is 0 Å². The van der Waals surface area contributed by atoms with Crippen LogP contribution in [-0.4, -0.2) is 74.8 Å². The molecule has 2 atom stereocenters. The number of thiophene rings is 1. The quantitative estimate of drug-likeness (QED) is 0.271. The molecule has 2 aliphatic rings. The van der Waals surface area contributed by atoms with E-state index in [0.717, 1.165) is 70.7 Å². The summed E-state index contributed by atoms with van der Waals surface area (Å²) < 4.78 is 11.3. The summed E-state index contributed by atoms with van der Waals surface area (Å²) in [4.78, 5) is 11.4. The maximum absolute atomic E-state index is 5.77. The highest BCUT2D eigenvalue weighted by Crippen LogP contribution is 2.27. The van der Waals surface area contributed by atoms with Crippen LogP contribution in [0.25, 0.3) is 0 Å². The van der Waals surface area contributed by atoms with Gasteiger partial charge in [0.2, 0.25) is 0 Å². The fourth-order valence-corrected chi connectivity index (χ4v) is 5.26. The van der Waals surface area contributed by atoms with Crippen molar-refractivity contribution in [1.82, 2.24) is 20.4 Å². The van der Waals surface area contributed by atoms with Gasteiger partial charge in [0, 0.05) is 31.1 Å². The van der Waals surface area contributed by atoms with Gasteiger partial charge in [-0.15, -0.1) is 35.3 Å². The predicted octanol–water partition coefficient (Wildman–Crippen LogP) is 3.72. The molecular formula is C23H36IN5O2S. The summed E-state index contributed by atoms with van der Waals surface area (Å²) in [5.41, 5.74) is 0. The molecule has 0 aromatic carbocycles. The molecule has 2 N–H and O–H groups in total. The monoisotopic (exact) mass is 573 g/mol. The summed E-state index contributed by atoms with van der Waals surface area (Å²) in [6, 6.07) is 8.93. The minimum absolute atomic E-state index is 0. The Bertz CT molecular complexity index is 774. The van der Waals surface area contributed by atoms with Crippen LogP contribution in [0.2, 0.25) is 0 Å². The second-order valence-corrected chi connectivity index (χ2v) is 9.03. The highest BCUT2D eigenvalue weighted by Gasteiger charge is 2.26. The average Bonchev–Trinajstić information content (AvgIpc) is 3.58. The molecule has 2 saturated heterocycles. The minimum atomic E-state index is 0. The number of morpholine rings is 1. The van der Waals surface area contributed by atoms with Gasteiger partial charge in [0.1, 0.15) is 5.76 Å². The van der Waals surface area contributed by atoms with Gasteiger partial charge in [-0.1, -0.05) is 6.07 Å². The number of nitrogens with zero attached hydrogens (tertiary/aromatic N) is 3. The average molecular weight is 574 g/mol. The van der Waals surface area contributed by atoms with E-state index in [2.05, 4.69) is 50.9 Å². The Morgan fingerprint density at radius 1 is 1.06 bits per heavy atom. The SMILES string of the molecule is CCNC(=NCC(c1cccs1)N1CCOCC1)NCC(c1ccco1)N1CCCC1.I. The molecule has 2 aromatic rings. The Balaban J connectivity index is 0.00000289. The molecular weight excluding hydrogens is 537 g/mol. The van der Waals surface area contributed by atoms with Crippen molar-refractivity contribution in [1.29, 1.82) is 0 Å². The van der Waals surface area contributed by atoms with Crippen LogP contribution < -0.4 is 10.6 Å². The van der Waals surface area contributed by atoms with Gasteiger partial charge in [-0.05, 0) is 56.4 Å². The first-order valence-corrected chi connectivity index (χ1v) is 12.4. The number of hydrogen-bond acceptors (Lipinski definition) is 6. The molecule has 0 bridgehead atoms. The normalized spacial score (nSPS) is 20.0. The second-order valence-electron chi connectivity index (χ2n) is 8.05. The number of ether oxygens (including phenoxy) is 1. The van der Waals surface area contributed by atoms with E-state index < -0.39 is 0 Å². The van der Waals surface area contributed by atoms with Crippen molar-refractivity contribution >= 4 is 41.3 Å². The van der Waals surface area contributed by atoms with Gasteiger partial charge in [0.25, 0.3) is 0 Å². The Morgan fingerprint density at radius 3 is 2.50 bits per heavy atom. The van der Waals surface area contributed by atoms with Crippen molar-refractivity contribution in [3.63, 3.8) is 0 Å². The van der Waals surface area contributed by atoms with E-state index in [1.54, 1.807) is 6.26 Å². The Kier molecular flexibility index (Phi) is 10.8. The highest BCUT2D eigenvalue weighted by atomic mass is 127. The first-order chi connectivity index (χ1) is 15.3. The van der Waals surface area contributed by atoms with Gasteiger partial charge in [-0.3, -0.25) is 14.8 Å². The third-order valence-electron chi connectivity index (χ3n) is 6.04. The lowest BCUT2D eigenvalue weighted by Gasteiger charge is -2.33. The molecule has 7 nitrogen and oxygen atoms in total. The zero-order valence-electron chi connectivity index (χ0n) is 18.9. The third-order valence-corrected chi connectivity index (χ3v) is 7.01. The van der Waals surface area contributed by atoms with Crippen LogP contribution in [0.15, 0.2) is 45.3 Å². The first-order valence-electron chi connectivity index (χ1n) is 11.5. The van der Waals surface area contributed by atoms with Gasteiger partial charge >= 0.3 is 0 Å². The molecule has 2 aliphatic heterocycles. The molecule has 0 saturated carbocycles. The third kappa shape index (κ3) is 6.93. The van der Waals surface area contributed by atoms with Crippen LogP contribution in [0.5, 0.6) is 0 Å². The van der Waals surface area contributed by atoms with Crippen LogP contribution >= 0.6 is 35.3 Å². The first kappa shape index (κ1) is 25.5. The van der Waals surface area contributed by atoms with Gasteiger partial charge in [0.05, 0.1) is 38.1 Å². The Labute approximate surface area is 212 Å². The van der Waals surface area contributed by atoms with E-state index in [-0.39, 0.29) is 30.0 Å². The van der Waals surface area contributed by atoms with Crippen LogP contribution in [0.3, 0.4) is 0 Å². The summed E-state index contributed by atoms with van der Waals surface area (Å²) >= 11 is 1.81. The molecule has 4 heterocycles. The van der Waals surface area contributed by atoms with E-state index in [4.69, 9.17) is 14.1 Å². The summed E-state index contributed by atoms with van der Waals surface area (Å²) in [5, 5.41) is 9.17. The lowest BCUT2D eigenvalue weighted by molar-refractivity contribution is 0.0186. The van der Waals surface area contributed by atoms with E-state index in [0.29, 0.717) is 6.04 Å². The highest BCUT2D eigenvalue weighted by molar-refractivity contribution is 14.0. The van der Waals surface area contributed by atoms with E-state index in [1.807, 2.05) is 17.4 Å². The van der Waals surface area contributed by atoms with Crippen molar-refractivity contribution in [3.05, 3.63) is 46.5 Å². The van der Waals surface area contributed by atoms with Crippen LogP contribution in [0, 0.1) is 0 Å². The van der Waals surface area contributed by atoms with E-state index in [9.17, 15) is 0 Å². The maximum Gasteiger partial charge on any atom is 0.191 e. The summed E-state index contributed by atoms with van der Waals surface area (Å²) in [6.45, 7) is 10.2. The number of rotatable bonds is 9. The van der Waals surface area contributed by atoms with Gasteiger partial charge < -0.3 is 19.8 Å². The molecule has 0 aliphatic carbocycles. The van der Waals surface area contributed by atoms with Crippen LogP contribution in [-0.2, 0) is 4.74 Å². The predicted molar refractivity (Wildman–Crippen MR) is 141 cm³/mol. The number of aliphatic imine (C=N–C) groups is 1. The summed E-state index contributed by atoms with van der Waals surface area (Å²) in [5.74, 6) is 1.89. The molecule has 2 fully saturated rings.